The van der Waals surface area contributed by atoms with Crippen LogP contribution in [0.4, 0.5) is 0 Å². The number of nitrogens with one attached hydrogen (secondary N) is 1. The standard InChI is InChI=1S/C13H16ClNO4S2/c14-21(17,18)12-4-3-9(20-12)7-11(16)15-10-5-6-19-13(10)8-1-2-8/h3-4,8,10,13H,1-2,5-7H2,(H,15,16). The second kappa shape index (κ2) is 5.87. The molecule has 116 valence electrons. The van der Waals surface area contributed by atoms with Crippen molar-refractivity contribution < 1.29 is 17.9 Å². The monoisotopic (exact) mass is 349 g/mol. The molecule has 1 saturated heterocycles. The number of halogens is 1. The molecule has 2 heterocycles. The summed E-state index contributed by atoms with van der Waals surface area (Å²) < 4.78 is 28.1. The van der Waals surface area contributed by atoms with Crippen molar-refractivity contribution in [2.45, 2.75) is 42.0 Å². The Morgan fingerprint density at radius 1 is 1.38 bits per heavy atom. The van der Waals surface area contributed by atoms with Gasteiger partial charge in [0.15, 0.2) is 0 Å². The van der Waals surface area contributed by atoms with Gasteiger partial charge < -0.3 is 10.1 Å². The molecule has 2 atom stereocenters. The first kappa shape index (κ1) is 15.3. The maximum absolute atomic E-state index is 12.1. The van der Waals surface area contributed by atoms with Crippen LogP contribution in [-0.4, -0.2) is 33.1 Å². The Kier molecular flexibility index (Phi) is 4.27. The lowest BCUT2D eigenvalue weighted by molar-refractivity contribution is -0.121. The maximum atomic E-state index is 12.1. The van der Waals surface area contributed by atoms with E-state index in [0.717, 1.165) is 17.8 Å². The van der Waals surface area contributed by atoms with Crippen molar-refractivity contribution in [1.82, 2.24) is 5.32 Å². The van der Waals surface area contributed by atoms with Gasteiger partial charge in [-0.3, -0.25) is 4.79 Å². The quantitative estimate of drug-likeness (QED) is 0.824. The molecule has 21 heavy (non-hydrogen) atoms. The Hall–Kier alpha value is -0.630. The van der Waals surface area contributed by atoms with Crippen molar-refractivity contribution in [2.75, 3.05) is 6.61 Å². The molecule has 1 aromatic heterocycles. The molecule has 0 radical (unpaired) electrons. The molecule has 3 rings (SSSR count). The smallest absolute Gasteiger partial charge is 0.270 e. The van der Waals surface area contributed by atoms with Crippen LogP contribution in [-0.2, 0) is 25.0 Å². The van der Waals surface area contributed by atoms with Crippen LogP contribution >= 0.6 is 22.0 Å². The van der Waals surface area contributed by atoms with Crippen molar-refractivity contribution in [1.29, 1.82) is 0 Å². The van der Waals surface area contributed by atoms with Gasteiger partial charge in [-0.15, -0.1) is 11.3 Å². The van der Waals surface area contributed by atoms with Crippen LogP contribution in [0.5, 0.6) is 0 Å². The number of ether oxygens (including phenoxy) is 1. The van der Waals surface area contributed by atoms with Crippen molar-refractivity contribution >= 4 is 37.0 Å². The zero-order valence-corrected chi connectivity index (χ0v) is 13.6. The van der Waals surface area contributed by atoms with E-state index in [1.54, 1.807) is 6.07 Å². The predicted molar refractivity (Wildman–Crippen MR) is 80.1 cm³/mol. The highest BCUT2D eigenvalue weighted by molar-refractivity contribution is 8.15. The Balaban J connectivity index is 1.57. The van der Waals surface area contributed by atoms with E-state index < -0.39 is 9.05 Å². The SMILES string of the molecule is O=C(Cc1ccc(S(=O)(=O)Cl)s1)NC1CCOC1C1CC1. The van der Waals surface area contributed by atoms with Crippen molar-refractivity contribution in [2.24, 2.45) is 5.92 Å². The van der Waals surface area contributed by atoms with Crippen LogP contribution in [0, 0.1) is 5.92 Å². The molecular weight excluding hydrogens is 334 g/mol. The number of thiophene rings is 1. The van der Waals surface area contributed by atoms with Gasteiger partial charge in [-0.05, 0) is 37.3 Å². The number of hydrogen-bond donors (Lipinski definition) is 1. The molecule has 5 nitrogen and oxygen atoms in total. The molecule has 2 aliphatic rings. The molecule has 2 unspecified atom stereocenters. The highest BCUT2D eigenvalue weighted by atomic mass is 35.7. The van der Waals surface area contributed by atoms with Gasteiger partial charge in [0.2, 0.25) is 5.91 Å². The van der Waals surface area contributed by atoms with Crippen LogP contribution in [0.1, 0.15) is 24.1 Å². The summed E-state index contributed by atoms with van der Waals surface area (Å²) in [7, 11) is 1.56. The topological polar surface area (TPSA) is 72.5 Å². The third-order valence-corrected chi connectivity index (χ3v) is 6.96. The first-order chi connectivity index (χ1) is 9.93. The maximum Gasteiger partial charge on any atom is 0.270 e. The number of rotatable bonds is 5. The molecule has 8 heteroatoms. The minimum absolute atomic E-state index is 0.0759. The second-order valence-electron chi connectivity index (χ2n) is 5.47. The summed E-state index contributed by atoms with van der Waals surface area (Å²) in [5.74, 6) is 0.490. The van der Waals surface area contributed by atoms with Gasteiger partial charge in [-0.1, -0.05) is 0 Å². The fourth-order valence-corrected chi connectivity index (χ4v) is 4.78. The summed E-state index contributed by atoms with van der Waals surface area (Å²) in [5, 5.41) is 3.01. The summed E-state index contributed by atoms with van der Waals surface area (Å²) in [6.07, 6.45) is 3.53. The zero-order valence-electron chi connectivity index (χ0n) is 11.2. The highest BCUT2D eigenvalue weighted by Gasteiger charge is 2.41. The van der Waals surface area contributed by atoms with Crippen LogP contribution in [0.3, 0.4) is 0 Å². The number of hydrogen-bond acceptors (Lipinski definition) is 5. The van der Waals surface area contributed by atoms with Gasteiger partial charge in [-0.25, -0.2) is 8.42 Å². The summed E-state index contributed by atoms with van der Waals surface area (Å²) in [4.78, 5) is 12.8. The van der Waals surface area contributed by atoms with E-state index >= 15 is 0 Å². The highest BCUT2D eigenvalue weighted by Crippen LogP contribution is 2.38. The number of amides is 1. The summed E-state index contributed by atoms with van der Waals surface area (Å²) in [6, 6.07) is 3.14. The molecule has 1 N–H and O–H groups in total. The van der Waals surface area contributed by atoms with Crippen LogP contribution < -0.4 is 5.32 Å². The molecule has 1 aliphatic carbocycles. The zero-order chi connectivity index (χ0) is 15.0. The lowest BCUT2D eigenvalue weighted by Crippen LogP contribution is -2.42. The van der Waals surface area contributed by atoms with E-state index in [9.17, 15) is 13.2 Å². The molecule has 0 bridgehead atoms. The van der Waals surface area contributed by atoms with Crippen molar-refractivity contribution in [3.63, 3.8) is 0 Å². The largest absolute Gasteiger partial charge is 0.376 e. The molecule has 0 aromatic carbocycles. The first-order valence-electron chi connectivity index (χ1n) is 6.88. The number of carbonyl (C=O) groups is 1. The lowest BCUT2D eigenvalue weighted by atomic mass is 10.1. The van der Waals surface area contributed by atoms with E-state index in [1.807, 2.05) is 0 Å². The lowest BCUT2D eigenvalue weighted by Gasteiger charge is -2.19. The van der Waals surface area contributed by atoms with Crippen LogP contribution in [0.25, 0.3) is 0 Å². The predicted octanol–water partition coefficient (Wildman–Crippen LogP) is 1.90. The van der Waals surface area contributed by atoms with Gasteiger partial charge in [0.05, 0.1) is 18.6 Å². The molecule has 1 aliphatic heterocycles. The van der Waals surface area contributed by atoms with Gasteiger partial charge in [0, 0.05) is 22.2 Å². The normalized spacial score (nSPS) is 26.0. The van der Waals surface area contributed by atoms with Gasteiger partial charge >= 0.3 is 0 Å². The fraction of sp³-hybridized carbons (Fsp3) is 0.615. The van der Waals surface area contributed by atoms with Crippen LogP contribution in [0.15, 0.2) is 16.3 Å². The number of carbonyl (C=O) groups excluding carboxylic acids is 1. The molecule has 1 aromatic rings. The average molecular weight is 350 g/mol. The third kappa shape index (κ3) is 3.77. The molecule has 1 saturated carbocycles. The van der Waals surface area contributed by atoms with Crippen molar-refractivity contribution in [3.05, 3.63) is 17.0 Å². The van der Waals surface area contributed by atoms with E-state index in [1.165, 1.54) is 18.9 Å². The molecule has 0 spiro atoms. The Labute approximate surface area is 132 Å². The fourth-order valence-electron chi connectivity index (χ4n) is 2.66. The minimum atomic E-state index is -3.71. The Morgan fingerprint density at radius 2 is 2.14 bits per heavy atom. The van der Waals surface area contributed by atoms with E-state index in [2.05, 4.69) is 5.32 Å². The Morgan fingerprint density at radius 3 is 2.76 bits per heavy atom. The second-order valence-corrected chi connectivity index (χ2v) is 9.43. The molecule has 1 amide bonds. The minimum Gasteiger partial charge on any atom is -0.376 e. The van der Waals surface area contributed by atoms with E-state index in [4.69, 9.17) is 15.4 Å². The summed E-state index contributed by atoms with van der Waals surface area (Å²) in [5.41, 5.74) is 0. The van der Waals surface area contributed by atoms with Crippen molar-refractivity contribution in [3.8, 4) is 0 Å². The molecule has 2 fully saturated rings. The van der Waals surface area contributed by atoms with Crippen LogP contribution in [0.2, 0.25) is 0 Å². The van der Waals surface area contributed by atoms with E-state index in [0.29, 0.717) is 17.4 Å². The summed E-state index contributed by atoms with van der Waals surface area (Å²) >= 11 is 1.03. The van der Waals surface area contributed by atoms with Gasteiger partial charge in [0.25, 0.3) is 9.05 Å². The summed E-state index contributed by atoms with van der Waals surface area (Å²) in [6.45, 7) is 0.694. The van der Waals surface area contributed by atoms with E-state index in [-0.39, 0.29) is 28.7 Å². The Bertz CT molecular complexity index is 638. The average Bonchev–Trinajstić information content (AvgIpc) is 2.94. The third-order valence-electron chi connectivity index (χ3n) is 3.78. The molecular formula is C13H16ClNO4S2. The van der Waals surface area contributed by atoms with Gasteiger partial charge in [-0.2, -0.15) is 0 Å². The van der Waals surface area contributed by atoms with Gasteiger partial charge in [0.1, 0.15) is 4.21 Å². The first-order valence-corrected chi connectivity index (χ1v) is 10.0.